The Morgan fingerprint density at radius 1 is 1.28 bits per heavy atom. The fourth-order valence-corrected chi connectivity index (χ4v) is 4.25. The van der Waals surface area contributed by atoms with Crippen LogP contribution in [0.5, 0.6) is 0 Å². The van der Waals surface area contributed by atoms with E-state index in [1.165, 1.54) is 11.8 Å². The minimum absolute atomic E-state index is 0.0520. The molecule has 32 heavy (non-hydrogen) atoms. The molecular formula is C24H34N6O2. The van der Waals surface area contributed by atoms with Crippen molar-refractivity contribution in [1.82, 2.24) is 9.97 Å². The molecular weight excluding hydrogens is 404 g/mol. The van der Waals surface area contributed by atoms with Gasteiger partial charge in [-0.15, -0.1) is 0 Å². The minimum Gasteiger partial charge on any atom is -0.374 e. The second-order valence-electron chi connectivity index (χ2n) is 10.0. The summed E-state index contributed by atoms with van der Waals surface area (Å²) < 4.78 is 5.83. The van der Waals surface area contributed by atoms with Crippen LogP contribution < -0.4 is 21.7 Å². The highest BCUT2D eigenvalue weighted by atomic mass is 16.5. The SMILES string of the molecule is COC1(c2cc(Nc3nc(N4CCC[C@H](N)C4)ncc3C(N)=O)cc(C(C)(C)C)c2)CC1. The highest BCUT2D eigenvalue weighted by Crippen LogP contribution is 2.50. The lowest BCUT2D eigenvalue weighted by Gasteiger charge is -2.31. The first-order valence-electron chi connectivity index (χ1n) is 11.3. The second kappa shape index (κ2) is 8.33. The van der Waals surface area contributed by atoms with Gasteiger partial charge in [0, 0.05) is 38.1 Å². The standard InChI is InChI=1S/C24H34N6O2/c1-23(2,3)15-10-16(24(32-4)7-8-24)12-18(11-15)28-21-19(20(26)31)13-27-22(29-21)30-9-5-6-17(25)14-30/h10-13,17H,5-9,14,25H2,1-4H3,(H2,26,31)(H,27,28,29)/t17-/m0/s1. The molecule has 8 nitrogen and oxygen atoms in total. The van der Waals surface area contributed by atoms with Crippen molar-refractivity contribution >= 4 is 23.4 Å². The summed E-state index contributed by atoms with van der Waals surface area (Å²) in [6, 6.07) is 6.49. The molecule has 2 aromatic rings. The van der Waals surface area contributed by atoms with Crippen LogP contribution in [0.25, 0.3) is 0 Å². The Morgan fingerprint density at radius 3 is 2.62 bits per heavy atom. The van der Waals surface area contributed by atoms with Crippen LogP contribution in [0, 0.1) is 0 Å². The summed E-state index contributed by atoms with van der Waals surface area (Å²) >= 11 is 0. The molecule has 8 heteroatoms. The first kappa shape index (κ1) is 22.5. The van der Waals surface area contributed by atoms with Gasteiger partial charge in [-0.05, 0) is 54.4 Å². The summed E-state index contributed by atoms with van der Waals surface area (Å²) in [6.07, 6.45) is 5.47. The van der Waals surface area contributed by atoms with Crippen molar-refractivity contribution in [3.8, 4) is 0 Å². The summed E-state index contributed by atoms with van der Waals surface area (Å²) in [5.41, 5.74) is 14.9. The maximum atomic E-state index is 12.1. The normalized spacial score (nSPS) is 20.2. The molecule has 0 spiro atoms. The van der Waals surface area contributed by atoms with E-state index < -0.39 is 5.91 Å². The Balaban J connectivity index is 1.73. The topological polar surface area (TPSA) is 119 Å². The fraction of sp³-hybridized carbons (Fsp3) is 0.542. The largest absolute Gasteiger partial charge is 0.374 e. The van der Waals surface area contributed by atoms with Crippen LogP contribution in [0.1, 0.15) is 67.9 Å². The van der Waals surface area contributed by atoms with Crippen LogP contribution >= 0.6 is 0 Å². The first-order chi connectivity index (χ1) is 15.1. The van der Waals surface area contributed by atoms with Crippen molar-refractivity contribution < 1.29 is 9.53 Å². The summed E-state index contributed by atoms with van der Waals surface area (Å²) in [7, 11) is 1.76. The lowest BCUT2D eigenvalue weighted by Crippen LogP contribution is -2.43. The Hall–Kier alpha value is -2.71. The zero-order valence-electron chi connectivity index (χ0n) is 19.4. The quantitative estimate of drug-likeness (QED) is 0.633. The Bertz CT molecular complexity index is 1010. The average molecular weight is 439 g/mol. The summed E-state index contributed by atoms with van der Waals surface area (Å²) in [4.78, 5) is 23.2. The van der Waals surface area contributed by atoms with E-state index >= 15 is 0 Å². The number of hydrogen-bond acceptors (Lipinski definition) is 7. The van der Waals surface area contributed by atoms with Gasteiger partial charge < -0.3 is 26.4 Å². The van der Waals surface area contributed by atoms with Crippen LogP contribution in [0.2, 0.25) is 0 Å². The number of aromatic nitrogens is 2. The molecule has 4 rings (SSSR count). The van der Waals surface area contributed by atoms with Gasteiger partial charge in [0.1, 0.15) is 11.4 Å². The smallest absolute Gasteiger partial charge is 0.254 e. The molecule has 0 radical (unpaired) electrons. The summed E-state index contributed by atoms with van der Waals surface area (Å²) in [5, 5.41) is 3.36. The lowest BCUT2D eigenvalue weighted by molar-refractivity contribution is 0.0788. The summed E-state index contributed by atoms with van der Waals surface area (Å²) in [5.74, 6) is 0.383. The van der Waals surface area contributed by atoms with Gasteiger partial charge in [-0.3, -0.25) is 4.79 Å². The number of anilines is 3. The Kier molecular flexibility index (Phi) is 5.85. The number of benzene rings is 1. The number of nitrogens with zero attached hydrogens (tertiary/aromatic N) is 3. The van der Waals surface area contributed by atoms with Crippen LogP contribution in [0.3, 0.4) is 0 Å². The van der Waals surface area contributed by atoms with Gasteiger partial charge in [0.05, 0.1) is 5.60 Å². The lowest BCUT2D eigenvalue weighted by atomic mass is 9.85. The molecule has 1 aliphatic carbocycles. The molecule has 1 saturated heterocycles. The number of nitrogens with one attached hydrogen (secondary N) is 1. The van der Waals surface area contributed by atoms with E-state index in [1.807, 2.05) is 0 Å². The van der Waals surface area contributed by atoms with Crippen molar-refractivity contribution in [1.29, 1.82) is 0 Å². The van der Waals surface area contributed by atoms with E-state index in [0.717, 1.165) is 43.5 Å². The highest BCUT2D eigenvalue weighted by Gasteiger charge is 2.45. The number of carbonyl (C=O) groups is 1. The number of amides is 1. The summed E-state index contributed by atoms with van der Waals surface area (Å²) in [6.45, 7) is 8.07. The monoisotopic (exact) mass is 438 g/mol. The molecule has 172 valence electrons. The number of primary amides is 1. The predicted molar refractivity (Wildman–Crippen MR) is 126 cm³/mol. The fourth-order valence-electron chi connectivity index (χ4n) is 4.25. The highest BCUT2D eigenvalue weighted by molar-refractivity contribution is 5.98. The third kappa shape index (κ3) is 4.56. The van der Waals surface area contributed by atoms with E-state index in [0.29, 0.717) is 18.3 Å². The predicted octanol–water partition coefficient (Wildman–Crippen LogP) is 3.18. The number of nitrogens with two attached hydrogens (primary N) is 2. The molecule has 1 aromatic heterocycles. The molecule has 0 bridgehead atoms. The van der Waals surface area contributed by atoms with Gasteiger partial charge in [0.25, 0.3) is 5.91 Å². The van der Waals surface area contributed by atoms with Crippen LogP contribution in [0.4, 0.5) is 17.5 Å². The average Bonchev–Trinajstić information content (AvgIpc) is 3.54. The van der Waals surface area contributed by atoms with Gasteiger partial charge in [0.15, 0.2) is 0 Å². The van der Waals surface area contributed by atoms with Gasteiger partial charge in [-0.2, -0.15) is 4.98 Å². The number of methoxy groups -OCH3 is 1. The van der Waals surface area contributed by atoms with Crippen molar-refractivity contribution in [2.75, 3.05) is 30.4 Å². The van der Waals surface area contributed by atoms with E-state index in [9.17, 15) is 4.79 Å². The van der Waals surface area contributed by atoms with Gasteiger partial charge in [-0.25, -0.2) is 4.98 Å². The van der Waals surface area contributed by atoms with Crippen LogP contribution in [-0.2, 0) is 15.8 Å². The molecule has 1 aromatic carbocycles. The number of ether oxygens (including phenoxy) is 1. The zero-order chi connectivity index (χ0) is 23.1. The number of carbonyl (C=O) groups excluding carboxylic acids is 1. The maximum Gasteiger partial charge on any atom is 0.254 e. The van der Waals surface area contributed by atoms with Crippen molar-refractivity contribution in [2.24, 2.45) is 11.5 Å². The molecule has 2 fully saturated rings. The molecule has 1 atom stereocenters. The van der Waals surface area contributed by atoms with Crippen LogP contribution in [-0.4, -0.2) is 42.1 Å². The van der Waals surface area contributed by atoms with Gasteiger partial charge in [0.2, 0.25) is 5.95 Å². The van der Waals surface area contributed by atoms with E-state index in [-0.39, 0.29) is 22.6 Å². The molecule has 1 amide bonds. The van der Waals surface area contributed by atoms with E-state index in [1.54, 1.807) is 7.11 Å². The molecule has 0 unspecified atom stereocenters. The molecule has 2 heterocycles. The Morgan fingerprint density at radius 2 is 2.03 bits per heavy atom. The number of rotatable bonds is 6. The number of hydrogen-bond donors (Lipinski definition) is 3. The van der Waals surface area contributed by atoms with Crippen molar-refractivity contribution in [3.05, 3.63) is 41.1 Å². The van der Waals surface area contributed by atoms with Gasteiger partial charge >= 0.3 is 0 Å². The third-order valence-corrected chi connectivity index (χ3v) is 6.46. The minimum atomic E-state index is -0.572. The maximum absolute atomic E-state index is 12.1. The van der Waals surface area contributed by atoms with E-state index in [4.69, 9.17) is 16.2 Å². The van der Waals surface area contributed by atoms with Crippen LogP contribution in [0.15, 0.2) is 24.4 Å². The van der Waals surface area contributed by atoms with Crippen molar-refractivity contribution in [2.45, 2.75) is 63.5 Å². The molecule has 1 aliphatic heterocycles. The second-order valence-corrected chi connectivity index (χ2v) is 10.0. The molecule has 2 aliphatic rings. The molecule has 1 saturated carbocycles. The Labute approximate surface area is 189 Å². The zero-order valence-corrected chi connectivity index (χ0v) is 19.4. The van der Waals surface area contributed by atoms with Gasteiger partial charge in [-0.1, -0.05) is 26.8 Å². The van der Waals surface area contributed by atoms with Crippen molar-refractivity contribution in [3.63, 3.8) is 0 Å². The number of piperidine rings is 1. The molecule has 5 N–H and O–H groups in total. The third-order valence-electron chi connectivity index (χ3n) is 6.46. The first-order valence-corrected chi connectivity index (χ1v) is 11.3. The van der Waals surface area contributed by atoms with E-state index in [2.05, 4.69) is 59.2 Å².